The second-order valence-electron chi connectivity index (χ2n) is 5.60. The Bertz CT molecular complexity index is 439. The molecule has 2 rings (SSSR count). The molecule has 1 fully saturated rings. The van der Waals surface area contributed by atoms with Crippen LogP contribution in [0.4, 0.5) is 13.2 Å². The minimum absolute atomic E-state index is 0.152. The molecule has 2 atom stereocenters. The molecule has 106 valence electrons. The number of aliphatic hydroxyl groups is 1. The summed E-state index contributed by atoms with van der Waals surface area (Å²) in [5.74, 6) is -0.579. The average molecular weight is 290 g/mol. The van der Waals surface area contributed by atoms with Crippen LogP contribution in [0.1, 0.15) is 31.7 Å². The van der Waals surface area contributed by atoms with E-state index in [2.05, 4.69) is 0 Å². The highest BCUT2D eigenvalue weighted by Crippen LogP contribution is 2.52. The number of thioether (sulfide) groups is 1. The van der Waals surface area contributed by atoms with Crippen LogP contribution in [0.2, 0.25) is 0 Å². The van der Waals surface area contributed by atoms with Crippen LogP contribution in [0.25, 0.3) is 0 Å². The minimum atomic E-state index is -4.14. The van der Waals surface area contributed by atoms with Crippen molar-refractivity contribution in [3.63, 3.8) is 0 Å². The second-order valence-corrected chi connectivity index (χ2v) is 6.65. The number of rotatable bonds is 3. The fraction of sp³-hybridized carbons (Fsp3) is 0.571. The standard InChI is InChI=1S/C14H17F3OS/c1-13(2)11(7-12(13)18)9-3-5-10(6-4-9)19-8-14(15,16)17/h3-6,11-12,18H,7-8H2,1-2H3. The van der Waals surface area contributed by atoms with Crippen molar-refractivity contribution in [3.8, 4) is 0 Å². The lowest BCUT2D eigenvalue weighted by molar-refractivity contribution is -0.105. The first-order chi connectivity index (χ1) is 8.70. The van der Waals surface area contributed by atoms with Crippen LogP contribution in [-0.2, 0) is 0 Å². The Morgan fingerprint density at radius 1 is 1.26 bits per heavy atom. The molecule has 0 bridgehead atoms. The fourth-order valence-corrected chi connectivity index (χ4v) is 3.09. The molecule has 0 saturated heterocycles. The van der Waals surface area contributed by atoms with Crippen LogP contribution in [-0.4, -0.2) is 23.1 Å². The van der Waals surface area contributed by atoms with E-state index in [1.54, 1.807) is 12.1 Å². The van der Waals surface area contributed by atoms with Gasteiger partial charge in [0.1, 0.15) is 0 Å². The van der Waals surface area contributed by atoms with E-state index in [9.17, 15) is 18.3 Å². The number of hydrogen-bond donors (Lipinski definition) is 1. The lowest BCUT2D eigenvalue weighted by Crippen LogP contribution is -2.47. The van der Waals surface area contributed by atoms with Crippen molar-refractivity contribution in [2.24, 2.45) is 5.41 Å². The number of alkyl halides is 3. The highest BCUT2D eigenvalue weighted by atomic mass is 32.2. The first-order valence-corrected chi connectivity index (χ1v) is 7.16. The van der Waals surface area contributed by atoms with Crippen molar-refractivity contribution in [1.29, 1.82) is 0 Å². The van der Waals surface area contributed by atoms with Gasteiger partial charge in [-0.05, 0) is 35.4 Å². The van der Waals surface area contributed by atoms with Gasteiger partial charge in [0.15, 0.2) is 0 Å². The van der Waals surface area contributed by atoms with E-state index in [1.165, 1.54) is 0 Å². The van der Waals surface area contributed by atoms with Crippen molar-refractivity contribution in [2.75, 3.05) is 5.75 Å². The van der Waals surface area contributed by atoms with Gasteiger partial charge in [-0.3, -0.25) is 0 Å². The Labute approximate surface area is 115 Å². The van der Waals surface area contributed by atoms with Crippen molar-refractivity contribution in [1.82, 2.24) is 0 Å². The van der Waals surface area contributed by atoms with Crippen LogP contribution in [0.5, 0.6) is 0 Å². The van der Waals surface area contributed by atoms with Crippen molar-refractivity contribution in [2.45, 2.75) is 43.4 Å². The van der Waals surface area contributed by atoms with E-state index < -0.39 is 11.9 Å². The van der Waals surface area contributed by atoms with Gasteiger partial charge in [-0.25, -0.2) is 0 Å². The predicted octanol–water partition coefficient (Wildman–Crippen LogP) is 4.22. The van der Waals surface area contributed by atoms with E-state index in [-0.39, 0.29) is 17.4 Å². The minimum Gasteiger partial charge on any atom is -0.393 e. The van der Waals surface area contributed by atoms with Gasteiger partial charge in [-0.2, -0.15) is 13.2 Å². The molecule has 0 amide bonds. The van der Waals surface area contributed by atoms with Crippen LogP contribution in [0.3, 0.4) is 0 Å². The highest BCUT2D eigenvalue weighted by Gasteiger charge is 2.47. The van der Waals surface area contributed by atoms with Gasteiger partial charge in [0, 0.05) is 4.90 Å². The van der Waals surface area contributed by atoms with Gasteiger partial charge >= 0.3 is 6.18 Å². The summed E-state index contributed by atoms with van der Waals surface area (Å²) in [6.07, 6.45) is -3.71. The van der Waals surface area contributed by atoms with Crippen LogP contribution in [0.15, 0.2) is 29.2 Å². The summed E-state index contributed by atoms with van der Waals surface area (Å²) in [5.41, 5.74) is 0.937. The molecule has 1 aliphatic rings. The van der Waals surface area contributed by atoms with Crippen LogP contribution >= 0.6 is 11.8 Å². The monoisotopic (exact) mass is 290 g/mol. The topological polar surface area (TPSA) is 20.2 Å². The zero-order chi connectivity index (χ0) is 14.3. The summed E-state index contributed by atoms with van der Waals surface area (Å²) in [6.45, 7) is 4.02. The molecule has 1 aromatic rings. The predicted molar refractivity (Wildman–Crippen MR) is 70.4 cm³/mol. The maximum Gasteiger partial charge on any atom is 0.398 e. The third-order valence-electron chi connectivity index (χ3n) is 3.90. The molecular weight excluding hydrogens is 273 g/mol. The van der Waals surface area contributed by atoms with Crippen LogP contribution < -0.4 is 0 Å². The zero-order valence-corrected chi connectivity index (χ0v) is 11.7. The molecule has 1 nitrogen and oxygen atoms in total. The number of aliphatic hydroxyl groups excluding tert-OH is 1. The molecule has 0 heterocycles. The number of halogens is 3. The van der Waals surface area contributed by atoms with E-state index in [4.69, 9.17) is 0 Å². The Balaban J connectivity index is 2.00. The van der Waals surface area contributed by atoms with Crippen molar-refractivity contribution in [3.05, 3.63) is 29.8 Å². The molecule has 1 N–H and O–H groups in total. The molecular formula is C14H17F3OS. The summed E-state index contributed by atoms with van der Waals surface area (Å²) in [6, 6.07) is 7.20. The third kappa shape index (κ3) is 3.26. The first-order valence-electron chi connectivity index (χ1n) is 6.18. The fourth-order valence-electron chi connectivity index (χ4n) is 2.43. The molecule has 0 radical (unpaired) electrons. The molecule has 2 unspecified atom stereocenters. The van der Waals surface area contributed by atoms with E-state index >= 15 is 0 Å². The molecule has 0 aromatic heterocycles. The van der Waals surface area contributed by atoms with Gasteiger partial charge in [0.2, 0.25) is 0 Å². The number of hydrogen-bond acceptors (Lipinski definition) is 2. The maximum atomic E-state index is 12.1. The Kier molecular flexibility index (Phi) is 3.89. The van der Waals surface area contributed by atoms with Gasteiger partial charge < -0.3 is 5.11 Å². The molecule has 19 heavy (non-hydrogen) atoms. The highest BCUT2D eigenvalue weighted by molar-refractivity contribution is 7.99. The molecule has 1 aliphatic carbocycles. The molecule has 0 spiro atoms. The van der Waals surface area contributed by atoms with Gasteiger partial charge in [-0.15, -0.1) is 11.8 Å². The molecule has 1 saturated carbocycles. The van der Waals surface area contributed by atoms with Crippen molar-refractivity contribution < 1.29 is 18.3 Å². The lowest BCUT2D eigenvalue weighted by Gasteiger charge is -2.49. The van der Waals surface area contributed by atoms with E-state index in [1.807, 2.05) is 26.0 Å². The van der Waals surface area contributed by atoms with E-state index in [0.717, 1.165) is 23.7 Å². The van der Waals surface area contributed by atoms with Gasteiger partial charge in [0.25, 0.3) is 0 Å². The van der Waals surface area contributed by atoms with E-state index in [0.29, 0.717) is 4.90 Å². The largest absolute Gasteiger partial charge is 0.398 e. The molecule has 5 heteroatoms. The molecule has 0 aliphatic heterocycles. The Morgan fingerprint density at radius 3 is 2.26 bits per heavy atom. The Hall–Kier alpha value is -0.680. The number of benzene rings is 1. The summed E-state index contributed by atoms with van der Waals surface area (Å²) in [5, 5.41) is 9.71. The van der Waals surface area contributed by atoms with Crippen molar-refractivity contribution >= 4 is 11.8 Å². The smallest absolute Gasteiger partial charge is 0.393 e. The SMILES string of the molecule is CC1(C)C(O)CC1c1ccc(SCC(F)(F)F)cc1. The average Bonchev–Trinajstić information content (AvgIpc) is 2.33. The molecule has 1 aromatic carbocycles. The lowest BCUT2D eigenvalue weighted by atomic mass is 9.58. The third-order valence-corrected chi connectivity index (χ3v) is 4.98. The van der Waals surface area contributed by atoms with Gasteiger partial charge in [0.05, 0.1) is 11.9 Å². The normalized spacial score (nSPS) is 26.0. The maximum absolute atomic E-state index is 12.1. The summed E-state index contributed by atoms with van der Waals surface area (Å²) in [4.78, 5) is 0.624. The second kappa shape index (κ2) is 5.02. The first kappa shape index (κ1) is 14.7. The zero-order valence-electron chi connectivity index (χ0n) is 10.9. The van der Waals surface area contributed by atoms with Crippen LogP contribution in [0, 0.1) is 5.41 Å². The Morgan fingerprint density at radius 2 is 1.84 bits per heavy atom. The summed E-state index contributed by atoms with van der Waals surface area (Å²) < 4.78 is 36.3. The van der Waals surface area contributed by atoms with Gasteiger partial charge in [-0.1, -0.05) is 26.0 Å². The summed E-state index contributed by atoms with van der Waals surface area (Å²) >= 11 is 0.799. The summed E-state index contributed by atoms with van der Waals surface area (Å²) in [7, 11) is 0. The quantitative estimate of drug-likeness (QED) is 0.841.